The van der Waals surface area contributed by atoms with Gasteiger partial charge in [-0.2, -0.15) is 0 Å². The number of ether oxygens (including phenoxy) is 1. The van der Waals surface area contributed by atoms with Gasteiger partial charge in [-0.05, 0) is 44.0 Å². The summed E-state index contributed by atoms with van der Waals surface area (Å²) < 4.78 is 5.44. The lowest BCUT2D eigenvalue weighted by Gasteiger charge is -2.32. The zero-order valence-electron chi connectivity index (χ0n) is 11.7. The molecule has 0 amide bonds. The van der Waals surface area contributed by atoms with Crippen LogP contribution < -0.4 is 10.1 Å². The standard InChI is InChI=1S/C15H24N2O/c1-4-17-9-7-13(8-10-17)16-14-6-5-12(2)11-15(14)18-3/h5-6,11,13,16H,4,7-10H2,1-3H3. The van der Waals surface area contributed by atoms with Crippen molar-refractivity contribution in [3.8, 4) is 5.75 Å². The van der Waals surface area contributed by atoms with E-state index in [0.717, 1.165) is 11.4 Å². The van der Waals surface area contributed by atoms with Crippen molar-refractivity contribution in [2.75, 3.05) is 32.1 Å². The normalized spacial score (nSPS) is 17.7. The van der Waals surface area contributed by atoms with Gasteiger partial charge in [-0.3, -0.25) is 0 Å². The van der Waals surface area contributed by atoms with E-state index < -0.39 is 0 Å². The molecule has 1 aromatic rings. The molecule has 0 atom stereocenters. The first-order valence-corrected chi connectivity index (χ1v) is 6.86. The van der Waals surface area contributed by atoms with Crippen molar-refractivity contribution >= 4 is 5.69 Å². The quantitative estimate of drug-likeness (QED) is 0.886. The maximum absolute atomic E-state index is 5.44. The highest BCUT2D eigenvalue weighted by Gasteiger charge is 2.18. The summed E-state index contributed by atoms with van der Waals surface area (Å²) in [6.07, 6.45) is 2.43. The van der Waals surface area contributed by atoms with Gasteiger partial charge >= 0.3 is 0 Å². The molecule has 0 unspecified atom stereocenters. The third kappa shape index (κ3) is 3.16. The molecule has 1 aromatic carbocycles. The summed E-state index contributed by atoms with van der Waals surface area (Å²) >= 11 is 0. The molecular formula is C15H24N2O. The minimum atomic E-state index is 0.574. The molecule has 1 saturated heterocycles. The highest BCUT2D eigenvalue weighted by Crippen LogP contribution is 2.27. The molecule has 0 aliphatic carbocycles. The highest BCUT2D eigenvalue weighted by atomic mass is 16.5. The first-order valence-electron chi connectivity index (χ1n) is 6.86. The van der Waals surface area contributed by atoms with E-state index in [1.165, 1.54) is 38.0 Å². The van der Waals surface area contributed by atoms with Gasteiger partial charge in [0.05, 0.1) is 12.8 Å². The number of aryl methyl sites for hydroxylation is 1. The molecule has 1 fully saturated rings. The predicted molar refractivity (Wildman–Crippen MR) is 76.5 cm³/mol. The number of likely N-dealkylation sites (tertiary alicyclic amines) is 1. The Labute approximate surface area is 110 Å². The van der Waals surface area contributed by atoms with Gasteiger partial charge in [0.25, 0.3) is 0 Å². The lowest BCUT2D eigenvalue weighted by Crippen LogP contribution is -2.38. The summed E-state index contributed by atoms with van der Waals surface area (Å²) in [5, 5.41) is 3.62. The molecule has 2 rings (SSSR count). The summed E-state index contributed by atoms with van der Waals surface area (Å²) in [6.45, 7) is 7.88. The van der Waals surface area contributed by atoms with Crippen molar-refractivity contribution < 1.29 is 4.74 Å². The van der Waals surface area contributed by atoms with E-state index in [0.29, 0.717) is 6.04 Å². The number of hydrogen-bond donors (Lipinski definition) is 1. The van der Waals surface area contributed by atoms with E-state index in [2.05, 4.69) is 42.3 Å². The number of rotatable bonds is 4. The molecule has 0 radical (unpaired) electrons. The van der Waals surface area contributed by atoms with Crippen LogP contribution in [0.5, 0.6) is 5.75 Å². The maximum Gasteiger partial charge on any atom is 0.142 e. The molecule has 0 aromatic heterocycles. The van der Waals surface area contributed by atoms with Crippen molar-refractivity contribution in [1.82, 2.24) is 4.90 Å². The Morgan fingerprint density at radius 1 is 1.33 bits per heavy atom. The van der Waals surface area contributed by atoms with E-state index in [4.69, 9.17) is 4.74 Å². The number of nitrogens with zero attached hydrogens (tertiary/aromatic N) is 1. The Morgan fingerprint density at radius 3 is 2.67 bits per heavy atom. The molecule has 1 heterocycles. The molecule has 0 bridgehead atoms. The molecule has 3 heteroatoms. The summed E-state index contributed by atoms with van der Waals surface area (Å²) in [6, 6.07) is 6.92. The van der Waals surface area contributed by atoms with Crippen molar-refractivity contribution in [1.29, 1.82) is 0 Å². The molecule has 0 saturated carbocycles. The number of anilines is 1. The number of methoxy groups -OCH3 is 1. The van der Waals surface area contributed by atoms with Gasteiger partial charge < -0.3 is 15.0 Å². The highest BCUT2D eigenvalue weighted by molar-refractivity contribution is 5.58. The monoisotopic (exact) mass is 248 g/mol. The third-order valence-electron chi connectivity index (χ3n) is 3.75. The number of benzene rings is 1. The van der Waals surface area contributed by atoms with Gasteiger partial charge in [0.2, 0.25) is 0 Å². The Balaban J connectivity index is 1.97. The van der Waals surface area contributed by atoms with Crippen LogP contribution in [0.4, 0.5) is 5.69 Å². The Morgan fingerprint density at radius 2 is 2.06 bits per heavy atom. The summed E-state index contributed by atoms with van der Waals surface area (Å²) in [5.41, 5.74) is 2.36. The summed E-state index contributed by atoms with van der Waals surface area (Å²) in [4.78, 5) is 2.50. The molecule has 1 aliphatic rings. The van der Waals surface area contributed by atoms with Crippen LogP contribution in [0.3, 0.4) is 0 Å². The van der Waals surface area contributed by atoms with E-state index in [1.54, 1.807) is 7.11 Å². The van der Waals surface area contributed by atoms with Crippen molar-refractivity contribution in [3.05, 3.63) is 23.8 Å². The predicted octanol–water partition coefficient (Wildman–Crippen LogP) is 2.90. The number of piperidine rings is 1. The summed E-state index contributed by atoms with van der Waals surface area (Å²) in [7, 11) is 1.74. The van der Waals surface area contributed by atoms with Gasteiger partial charge in [-0.25, -0.2) is 0 Å². The maximum atomic E-state index is 5.44. The van der Waals surface area contributed by atoms with Gasteiger partial charge in [-0.15, -0.1) is 0 Å². The van der Waals surface area contributed by atoms with E-state index >= 15 is 0 Å². The second-order valence-electron chi connectivity index (χ2n) is 5.06. The van der Waals surface area contributed by atoms with Gasteiger partial charge in [0.15, 0.2) is 0 Å². The van der Waals surface area contributed by atoms with Crippen molar-refractivity contribution in [3.63, 3.8) is 0 Å². The first-order chi connectivity index (χ1) is 8.72. The molecule has 1 N–H and O–H groups in total. The van der Waals surface area contributed by atoms with E-state index in [1.807, 2.05) is 0 Å². The van der Waals surface area contributed by atoms with Gasteiger partial charge in [0, 0.05) is 19.1 Å². The van der Waals surface area contributed by atoms with E-state index in [-0.39, 0.29) is 0 Å². The number of nitrogens with one attached hydrogen (secondary N) is 1. The molecule has 3 nitrogen and oxygen atoms in total. The van der Waals surface area contributed by atoms with Crippen LogP contribution in [0, 0.1) is 6.92 Å². The largest absolute Gasteiger partial charge is 0.495 e. The Kier molecular flexibility index (Phi) is 4.48. The smallest absolute Gasteiger partial charge is 0.142 e. The summed E-state index contributed by atoms with van der Waals surface area (Å²) in [5.74, 6) is 0.952. The Hall–Kier alpha value is -1.22. The lowest BCUT2D eigenvalue weighted by atomic mass is 10.0. The fourth-order valence-corrected chi connectivity index (χ4v) is 2.53. The average molecular weight is 248 g/mol. The molecule has 100 valence electrons. The molecular weight excluding hydrogens is 224 g/mol. The van der Waals surface area contributed by atoms with Crippen LogP contribution in [-0.2, 0) is 0 Å². The van der Waals surface area contributed by atoms with Crippen LogP contribution in [-0.4, -0.2) is 37.7 Å². The van der Waals surface area contributed by atoms with Crippen LogP contribution in [0.15, 0.2) is 18.2 Å². The van der Waals surface area contributed by atoms with Gasteiger partial charge in [-0.1, -0.05) is 13.0 Å². The minimum Gasteiger partial charge on any atom is -0.495 e. The zero-order valence-corrected chi connectivity index (χ0v) is 11.7. The second-order valence-corrected chi connectivity index (χ2v) is 5.06. The number of hydrogen-bond acceptors (Lipinski definition) is 3. The fraction of sp³-hybridized carbons (Fsp3) is 0.600. The first kappa shape index (κ1) is 13.2. The van der Waals surface area contributed by atoms with Gasteiger partial charge in [0.1, 0.15) is 5.75 Å². The second kappa shape index (κ2) is 6.10. The SMILES string of the molecule is CCN1CCC(Nc2ccc(C)cc2OC)CC1. The molecule has 0 spiro atoms. The fourth-order valence-electron chi connectivity index (χ4n) is 2.53. The topological polar surface area (TPSA) is 24.5 Å². The van der Waals surface area contributed by atoms with E-state index in [9.17, 15) is 0 Å². The van der Waals surface area contributed by atoms with Crippen LogP contribution >= 0.6 is 0 Å². The van der Waals surface area contributed by atoms with Crippen molar-refractivity contribution in [2.45, 2.75) is 32.7 Å². The average Bonchev–Trinajstić information content (AvgIpc) is 2.41. The lowest BCUT2D eigenvalue weighted by molar-refractivity contribution is 0.229. The zero-order chi connectivity index (χ0) is 13.0. The van der Waals surface area contributed by atoms with Crippen molar-refractivity contribution in [2.24, 2.45) is 0 Å². The molecule has 1 aliphatic heterocycles. The Bertz CT molecular complexity index is 384. The third-order valence-corrected chi connectivity index (χ3v) is 3.75. The van der Waals surface area contributed by atoms with Crippen LogP contribution in [0.1, 0.15) is 25.3 Å². The van der Waals surface area contributed by atoms with Crippen LogP contribution in [0.25, 0.3) is 0 Å². The minimum absolute atomic E-state index is 0.574. The van der Waals surface area contributed by atoms with Crippen LogP contribution in [0.2, 0.25) is 0 Å². The molecule has 18 heavy (non-hydrogen) atoms.